The van der Waals surface area contributed by atoms with Crippen LogP contribution >= 0.6 is 11.3 Å². The molecule has 3 heterocycles. The van der Waals surface area contributed by atoms with Crippen molar-refractivity contribution in [3.05, 3.63) is 156 Å². The summed E-state index contributed by atoms with van der Waals surface area (Å²) in [6.45, 7) is 0.0909. The van der Waals surface area contributed by atoms with Gasteiger partial charge in [0.2, 0.25) is 0 Å². The van der Waals surface area contributed by atoms with Gasteiger partial charge in [-0.05, 0) is 51.6 Å². The molecule has 0 aliphatic rings. The van der Waals surface area contributed by atoms with Gasteiger partial charge in [-0.1, -0.05) is 122 Å². The molecule has 1 radical (unpaired) electrons. The molecule has 225 valence electrons. The molecule has 0 aliphatic heterocycles. The van der Waals surface area contributed by atoms with Gasteiger partial charge in [-0.25, -0.2) is 0 Å². The van der Waals surface area contributed by atoms with Gasteiger partial charge >= 0.3 is 0 Å². The third kappa shape index (κ3) is 7.72. The minimum atomic E-state index is -2.18. The standard InChI is InChI=1S/C28H22NS.C13H12N.Ir/c1-19(2)22-13-14-29-26(16-22)23-15-24(20-9-5-3-6-10-20)25-18-27(30-28(25)17-23)21-11-7-4-8-12-21;1-10-3-6-12(7-4-10)13-8-5-11(2)9-14-13;/h3-16,18-19H,1-2H3;3-6,8-9H,1-2H3;/q2*-1;/i;1D3,2D3;. The van der Waals surface area contributed by atoms with Crippen LogP contribution in [-0.4, -0.2) is 9.97 Å². The van der Waals surface area contributed by atoms with Crippen molar-refractivity contribution >= 4 is 21.4 Å². The van der Waals surface area contributed by atoms with Gasteiger partial charge in [-0.2, -0.15) is 11.3 Å². The summed E-state index contributed by atoms with van der Waals surface area (Å²) in [7, 11) is 0. The number of hydrogen-bond donors (Lipinski definition) is 0. The minimum absolute atomic E-state index is 0. The molecule has 0 atom stereocenters. The molecule has 4 aromatic carbocycles. The smallest absolute Gasteiger partial charge is 0.0280 e. The third-order valence-corrected chi connectivity index (χ3v) is 8.38. The van der Waals surface area contributed by atoms with Crippen molar-refractivity contribution < 1.29 is 28.3 Å². The number of hydrogen-bond acceptors (Lipinski definition) is 3. The van der Waals surface area contributed by atoms with Crippen LogP contribution in [0.25, 0.3) is 54.2 Å². The minimum Gasteiger partial charge on any atom is -0.305 e. The predicted octanol–water partition coefficient (Wildman–Crippen LogP) is 11.4. The maximum absolute atomic E-state index is 7.28. The van der Waals surface area contributed by atoms with Gasteiger partial charge in [-0.3, -0.25) is 0 Å². The van der Waals surface area contributed by atoms with E-state index in [2.05, 4.69) is 121 Å². The first-order chi connectivity index (χ1) is 23.9. The zero-order valence-electron chi connectivity index (χ0n) is 30.8. The van der Waals surface area contributed by atoms with E-state index in [1.165, 1.54) is 61.6 Å². The molecule has 0 saturated carbocycles. The van der Waals surface area contributed by atoms with Crippen LogP contribution in [-0.2, 0) is 20.1 Å². The van der Waals surface area contributed by atoms with Crippen molar-refractivity contribution in [2.24, 2.45) is 0 Å². The number of benzene rings is 4. The normalized spacial score (nSPS) is 13.2. The van der Waals surface area contributed by atoms with Crippen molar-refractivity contribution in [3.63, 3.8) is 0 Å². The zero-order chi connectivity index (χ0) is 35.5. The summed E-state index contributed by atoms with van der Waals surface area (Å²) in [6, 6.07) is 44.1. The van der Waals surface area contributed by atoms with Gasteiger partial charge in [-0.15, -0.1) is 53.1 Å². The third-order valence-electron chi connectivity index (χ3n) is 7.28. The Hall–Kier alpha value is -4.21. The summed E-state index contributed by atoms with van der Waals surface area (Å²) in [5.74, 6) is 0.468. The van der Waals surface area contributed by atoms with Crippen molar-refractivity contribution in [3.8, 4) is 44.1 Å². The number of aryl methyl sites for hydroxylation is 2. The van der Waals surface area contributed by atoms with Crippen molar-refractivity contribution in [2.75, 3.05) is 0 Å². The molecule has 2 nitrogen and oxygen atoms in total. The van der Waals surface area contributed by atoms with Crippen LogP contribution in [0.3, 0.4) is 0 Å². The first-order valence-corrected chi connectivity index (χ1v) is 15.2. The van der Waals surface area contributed by atoms with Crippen LogP contribution in [0.4, 0.5) is 0 Å². The monoisotopic (exact) mass is 785 g/mol. The Labute approximate surface area is 292 Å². The molecule has 0 spiro atoms. The molecule has 4 heteroatoms. The SMILES string of the molecule is CC(C)c1ccnc(-c2[c-]c3sc(-c4ccccc4)cc3c(-c3ccccc3)c2)c1.[2H]C([2H])([2H])c1c[c-]c(-c2ccc(C([2H])([2H])[2H])cn2)cc1.[Ir]. The van der Waals surface area contributed by atoms with E-state index in [1.54, 1.807) is 23.5 Å². The average Bonchev–Trinajstić information content (AvgIpc) is 3.56. The Morgan fingerprint density at radius 2 is 1.44 bits per heavy atom. The van der Waals surface area contributed by atoms with E-state index in [9.17, 15) is 0 Å². The second-order valence-corrected chi connectivity index (χ2v) is 11.8. The topological polar surface area (TPSA) is 25.8 Å². The summed E-state index contributed by atoms with van der Waals surface area (Å²) in [5, 5.41) is 1.24. The van der Waals surface area contributed by atoms with Crippen LogP contribution in [0.2, 0.25) is 0 Å². The Kier molecular flexibility index (Phi) is 8.18. The second-order valence-electron chi connectivity index (χ2n) is 10.7. The fourth-order valence-corrected chi connectivity index (χ4v) is 5.98. The molecule has 0 saturated heterocycles. The van der Waals surface area contributed by atoms with Crippen LogP contribution < -0.4 is 0 Å². The van der Waals surface area contributed by atoms with Gasteiger partial charge in [0.25, 0.3) is 0 Å². The summed E-state index contributed by atoms with van der Waals surface area (Å²) in [6.07, 6.45) is 3.21. The van der Waals surface area contributed by atoms with E-state index in [1.807, 2.05) is 6.20 Å². The molecule has 7 aromatic rings. The summed E-state index contributed by atoms with van der Waals surface area (Å²) in [5.41, 5.74) is 8.56. The Bertz CT molecular complexity index is 2140. The fraction of sp³-hybridized carbons (Fsp3) is 0.122. The first-order valence-electron chi connectivity index (χ1n) is 17.4. The van der Waals surface area contributed by atoms with Gasteiger partial charge in [0.1, 0.15) is 0 Å². The molecule has 7 rings (SSSR count). The summed E-state index contributed by atoms with van der Waals surface area (Å²) >= 11 is 1.80. The molecule has 0 N–H and O–H groups in total. The largest absolute Gasteiger partial charge is 0.305 e. The van der Waals surface area contributed by atoms with Gasteiger partial charge in [0.15, 0.2) is 0 Å². The molecular formula is C41H34IrN2S-2. The van der Waals surface area contributed by atoms with E-state index < -0.39 is 13.7 Å². The van der Waals surface area contributed by atoms with E-state index in [4.69, 9.17) is 8.22 Å². The summed E-state index contributed by atoms with van der Waals surface area (Å²) < 4.78 is 44.8. The maximum Gasteiger partial charge on any atom is 0.0280 e. The quantitative estimate of drug-likeness (QED) is 0.163. The maximum atomic E-state index is 7.28. The van der Waals surface area contributed by atoms with Gasteiger partial charge in [0.05, 0.1) is 0 Å². The van der Waals surface area contributed by atoms with Gasteiger partial charge < -0.3 is 9.97 Å². The fourth-order valence-electron chi connectivity index (χ4n) is 4.89. The van der Waals surface area contributed by atoms with Crippen LogP contribution in [0.5, 0.6) is 0 Å². The molecule has 0 bridgehead atoms. The van der Waals surface area contributed by atoms with Crippen LogP contribution in [0.15, 0.2) is 128 Å². The Balaban J connectivity index is 0.000000211. The van der Waals surface area contributed by atoms with Gasteiger partial charge in [0, 0.05) is 45.6 Å². The molecule has 0 aliphatic carbocycles. The van der Waals surface area contributed by atoms with Crippen molar-refractivity contribution in [2.45, 2.75) is 33.5 Å². The Morgan fingerprint density at radius 3 is 2.09 bits per heavy atom. The second kappa shape index (κ2) is 14.7. The summed E-state index contributed by atoms with van der Waals surface area (Å²) in [4.78, 5) is 10.0. The molecule has 3 aromatic heterocycles. The van der Waals surface area contributed by atoms with E-state index >= 15 is 0 Å². The molecule has 0 amide bonds. The molecule has 45 heavy (non-hydrogen) atoms. The molecular weight excluding hydrogens is 745 g/mol. The van der Waals surface area contributed by atoms with Crippen LogP contribution in [0.1, 0.15) is 44.7 Å². The van der Waals surface area contributed by atoms with E-state index in [0.717, 1.165) is 11.3 Å². The van der Waals surface area contributed by atoms with Crippen LogP contribution in [0, 0.1) is 25.8 Å². The average molecular weight is 785 g/mol. The van der Waals surface area contributed by atoms with Crippen molar-refractivity contribution in [1.82, 2.24) is 9.97 Å². The molecule has 0 unspecified atom stereocenters. The number of nitrogens with zero attached hydrogens (tertiary/aromatic N) is 2. The predicted molar refractivity (Wildman–Crippen MR) is 187 cm³/mol. The van der Waals surface area contributed by atoms with E-state index in [-0.39, 0.29) is 31.2 Å². The van der Waals surface area contributed by atoms with Crippen molar-refractivity contribution in [1.29, 1.82) is 0 Å². The number of pyridine rings is 2. The zero-order valence-corrected chi connectivity index (χ0v) is 28.0. The van der Waals surface area contributed by atoms with E-state index in [0.29, 0.717) is 17.2 Å². The number of aromatic nitrogens is 2. The number of thiophene rings is 1. The molecule has 0 fully saturated rings. The first kappa shape index (κ1) is 25.0. The number of rotatable bonds is 5. The number of fused-ring (bicyclic) bond motifs is 1. The Morgan fingerprint density at radius 1 is 0.711 bits per heavy atom.